The number of carbonyl (C=O) groups excluding carboxylic acids is 2. The van der Waals surface area contributed by atoms with E-state index in [0.29, 0.717) is 10.9 Å². The van der Waals surface area contributed by atoms with Crippen LogP contribution in [0.1, 0.15) is 38.4 Å². The number of carboxylic acids is 1. The lowest BCUT2D eigenvalue weighted by Crippen LogP contribution is -2.14. The maximum absolute atomic E-state index is 14.9. The van der Waals surface area contributed by atoms with Gasteiger partial charge in [-0.15, -0.1) is 0 Å². The van der Waals surface area contributed by atoms with Gasteiger partial charge in [0.25, 0.3) is 0 Å². The number of furan rings is 1. The Kier molecular flexibility index (Phi) is 4.70. The average Bonchev–Trinajstić information content (AvgIpc) is 3.38. The number of primary amides is 1. The molecule has 33 heavy (non-hydrogen) atoms. The van der Waals surface area contributed by atoms with E-state index in [-0.39, 0.29) is 57.6 Å². The lowest BCUT2D eigenvalue weighted by molar-refractivity contribution is -0.113. The number of ketones is 1. The van der Waals surface area contributed by atoms with E-state index in [9.17, 15) is 23.9 Å². The lowest BCUT2D eigenvalue weighted by atomic mass is 9.93. The molecule has 4 aromatic rings. The van der Waals surface area contributed by atoms with E-state index >= 15 is 0 Å². The van der Waals surface area contributed by atoms with Crippen LogP contribution in [0.5, 0.6) is 0 Å². The van der Waals surface area contributed by atoms with Crippen LogP contribution in [-0.4, -0.2) is 27.3 Å². The fraction of sp³-hybridized carbons (Fsp3) is 0.0800. The number of allylic oxidation sites excluding steroid dienone is 4. The molecule has 1 aliphatic carbocycles. The number of nitrogens with two attached hydrogens (primary N) is 1. The minimum atomic E-state index is -1.28. The average molecular weight is 444 g/mol. The molecule has 1 amide bonds. The Labute approximate surface area is 186 Å². The molecule has 0 atom stereocenters. The summed E-state index contributed by atoms with van der Waals surface area (Å²) in [5.74, 6) is -2.74. The zero-order chi connectivity index (χ0) is 23.3. The third kappa shape index (κ3) is 3.23. The minimum absolute atomic E-state index is 0.00220. The molecule has 2 aromatic heterocycles. The number of hydrogen-bond acceptors (Lipinski definition) is 4. The maximum atomic E-state index is 14.9. The number of Topliss-reactive ketones (excluding diaryl/α,β-unsaturated/α-hetero) is 1. The number of rotatable bonds is 5. The van der Waals surface area contributed by atoms with Crippen molar-refractivity contribution in [2.24, 2.45) is 5.73 Å². The summed E-state index contributed by atoms with van der Waals surface area (Å²) >= 11 is 0. The highest BCUT2D eigenvalue weighted by Crippen LogP contribution is 2.40. The normalized spacial score (nSPS) is 13.6. The molecule has 8 heteroatoms. The van der Waals surface area contributed by atoms with E-state index in [1.54, 1.807) is 42.5 Å². The number of amides is 1. The molecule has 0 radical (unpaired) electrons. The van der Waals surface area contributed by atoms with Crippen LogP contribution in [0.3, 0.4) is 0 Å². The number of fused-ring (bicyclic) bond motifs is 3. The summed E-state index contributed by atoms with van der Waals surface area (Å²) < 4.78 is 21.9. The van der Waals surface area contributed by atoms with Gasteiger partial charge < -0.3 is 19.8 Å². The Morgan fingerprint density at radius 1 is 1.21 bits per heavy atom. The number of carboxylic acid groups (broad SMARTS) is 1. The molecule has 0 saturated carbocycles. The van der Waals surface area contributed by atoms with E-state index in [1.807, 2.05) is 0 Å². The van der Waals surface area contributed by atoms with Gasteiger partial charge in [0.2, 0.25) is 5.91 Å². The number of halogens is 1. The van der Waals surface area contributed by atoms with Crippen LogP contribution in [0.4, 0.5) is 4.39 Å². The number of nitrogens with zero attached hydrogens (tertiary/aromatic N) is 1. The summed E-state index contributed by atoms with van der Waals surface area (Å²) in [6.45, 7) is 0.00220. The highest BCUT2D eigenvalue weighted by molar-refractivity contribution is 6.29. The van der Waals surface area contributed by atoms with Gasteiger partial charge in [-0.2, -0.15) is 0 Å². The van der Waals surface area contributed by atoms with Crippen LogP contribution in [0, 0.1) is 5.82 Å². The van der Waals surface area contributed by atoms with Crippen LogP contribution in [0.25, 0.3) is 27.4 Å². The molecule has 0 aliphatic heterocycles. The fourth-order valence-corrected chi connectivity index (χ4v) is 4.32. The summed E-state index contributed by atoms with van der Waals surface area (Å²) in [7, 11) is 0. The van der Waals surface area contributed by atoms with Gasteiger partial charge in [-0.3, -0.25) is 9.59 Å². The molecule has 2 aromatic carbocycles. The first-order valence-electron chi connectivity index (χ1n) is 10.1. The van der Waals surface area contributed by atoms with Crippen molar-refractivity contribution in [1.29, 1.82) is 0 Å². The molecule has 0 spiro atoms. The largest absolute Gasteiger partial charge is 0.477 e. The predicted octanol–water partition coefficient (Wildman–Crippen LogP) is 4.28. The summed E-state index contributed by atoms with van der Waals surface area (Å²) in [6.07, 6.45) is 6.37. The van der Waals surface area contributed by atoms with Gasteiger partial charge in [0.1, 0.15) is 17.1 Å². The van der Waals surface area contributed by atoms with E-state index in [4.69, 9.17) is 10.2 Å². The molecule has 0 saturated heterocycles. The summed E-state index contributed by atoms with van der Waals surface area (Å²) in [6, 6.07) is 9.14. The molecule has 2 heterocycles. The van der Waals surface area contributed by atoms with Crippen molar-refractivity contribution in [3.63, 3.8) is 0 Å². The van der Waals surface area contributed by atoms with Gasteiger partial charge in [-0.1, -0.05) is 30.4 Å². The van der Waals surface area contributed by atoms with Gasteiger partial charge in [-0.05, 0) is 29.8 Å². The lowest BCUT2D eigenvalue weighted by Gasteiger charge is -2.12. The summed E-state index contributed by atoms with van der Waals surface area (Å²) in [5.41, 5.74) is 6.87. The molecule has 0 fully saturated rings. The van der Waals surface area contributed by atoms with Crippen molar-refractivity contribution < 1.29 is 28.3 Å². The standard InChI is InChI=1S/C25H17FN2O5/c26-17-11-18-21(23-15(17)8-9-33-23)20(16-6-1-2-7-19(16)29)22(25(31)32)28(18)12-13-4-3-5-14(10-13)24(27)30/h1-6,8-11H,7,12H2,(H2,27,30)(H,31,32). The number of aromatic carboxylic acids is 1. The van der Waals surface area contributed by atoms with Crippen molar-refractivity contribution in [3.05, 3.63) is 89.1 Å². The second-order valence-corrected chi connectivity index (χ2v) is 7.73. The molecule has 1 aliphatic rings. The monoisotopic (exact) mass is 444 g/mol. The van der Waals surface area contributed by atoms with Crippen LogP contribution in [-0.2, 0) is 11.3 Å². The number of hydrogen-bond donors (Lipinski definition) is 2. The fourth-order valence-electron chi connectivity index (χ4n) is 4.32. The summed E-state index contributed by atoms with van der Waals surface area (Å²) in [5, 5.41) is 10.7. The third-order valence-electron chi connectivity index (χ3n) is 5.74. The van der Waals surface area contributed by atoms with E-state index < -0.39 is 17.7 Å². The highest BCUT2D eigenvalue weighted by Gasteiger charge is 2.31. The second-order valence-electron chi connectivity index (χ2n) is 7.73. The first-order chi connectivity index (χ1) is 15.9. The van der Waals surface area contributed by atoms with Crippen molar-refractivity contribution in [2.75, 3.05) is 0 Å². The van der Waals surface area contributed by atoms with Gasteiger partial charge in [0, 0.05) is 29.7 Å². The third-order valence-corrected chi connectivity index (χ3v) is 5.74. The molecule has 0 bridgehead atoms. The molecular weight excluding hydrogens is 427 g/mol. The van der Waals surface area contributed by atoms with Crippen LogP contribution < -0.4 is 5.73 Å². The molecule has 0 unspecified atom stereocenters. The van der Waals surface area contributed by atoms with Gasteiger partial charge in [-0.25, -0.2) is 9.18 Å². The Balaban J connectivity index is 1.88. The predicted molar refractivity (Wildman–Crippen MR) is 119 cm³/mol. The zero-order valence-corrected chi connectivity index (χ0v) is 17.2. The second kappa shape index (κ2) is 7.59. The number of aromatic nitrogens is 1. The molecular formula is C25H17FN2O5. The Hall–Kier alpha value is -4.46. The van der Waals surface area contributed by atoms with Crippen LogP contribution in [0.15, 0.2) is 65.3 Å². The first kappa shape index (κ1) is 20.4. The molecule has 5 rings (SSSR count). The smallest absolute Gasteiger partial charge is 0.353 e. The molecule has 7 nitrogen and oxygen atoms in total. The van der Waals surface area contributed by atoms with Gasteiger partial charge in [0.15, 0.2) is 5.78 Å². The topological polar surface area (TPSA) is 116 Å². The Morgan fingerprint density at radius 2 is 2.03 bits per heavy atom. The van der Waals surface area contributed by atoms with Crippen molar-refractivity contribution >= 4 is 45.1 Å². The van der Waals surface area contributed by atoms with E-state index in [0.717, 1.165) is 0 Å². The first-order valence-corrected chi connectivity index (χ1v) is 10.1. The van der Waals surface area contributed by atoms with Crippen molar-refractivity contribution in [3.8, 4) is 0 Å². The number of benzene rings is 2. The quantitative estimate of drug-likeness (QED) is 0.477. The minimum Gasteiger partial charge on any atom is -0.477 e. The SMILES string of the molecule is NC(=O)c1cccc(Cn2c(C(=O)O)c(C3=CC=CCC3=O)c3c4occc4c(F)cc32)c1. The molecule has 3 N–H and O–H groups in total. The van der Waals surface area contributed by atoms with E-state index in [1.165, 1.54) is 23.0 Å². The zero-order valence-electron chi connectivity index (χ0n) is 17.2. The van der Waals surface area contributed by atoms with Crippen molar-refractivity contribution in [2.45, 2.75) is 13.0 Å². The van der Waals surface area contributed by atoms with Crippen LogP contribution in [0.2, 0.25) is 0 Å². The maximum Gasteiger partial charge on any atom is 0.353 e. The van der Waals surface area contributed by atoms with Crippen molar-refractivity contribution in [1.82, 2.24) is 4.57 Å². The summed E-state index contributed by atoms with van der Waals surface area (Å²) in [4.78, 5) is 36.9. The van der Waals surface area contributed by atoms with Gasteiger partial charge >= 0.3 is 5.97 Å². The molecule has 164 valence electrons. The number of carbonyl (C=O) groups is 3. The Bertz CT molecular complexity index is 1550. The van der Waals surface area contributed by atoms with Gasteiger partial charge in [0.05, 0.1) is 22.6 Å². The highest BCUT2D eigenvalue weighted by atomic mass is 19.1. The van der Waals surface area contributed by atoms with Crippen LogP contribution >= 0.6 is 0 Å². The Morgan fingerprint density at radius 3 is 2.76 bits per heavy atom. The van der Waals surface area contributed by atoms with E-state index in [2.05, 4.69) is 0 Å².